The molecule has 0 radical (unpaired) electrons. The van der Waals surface area contributed by atoms with Gasteiger partial charge in [-0.1, -0.05) is 30.3 Å². The number of nitrogens with two attached hydrogens (primary N) is 1. The van der Waals surface area contributed by atoms with E-state index in [2.05, 4.69) is 5.32 Å². The molecule has 0 bridgehead atoms. The monoisotopic (exact) mass is 314 g/mol. The molecule has 122 valence electrons. The van der Waals surface area contributed by atoms with Gasteiger partial charge < -0.3 is 15.2 Å². The average molecular weight is 314 g/mol. The third kappa shape index (κ3) is 4.02. The van der Waals surface area contributed by atoms with E-state index in [-0.39, 0.29) is 6.04 Å². The van der Waals surface area contributed by atoms with Crippen molar-refractivity contribution in [2.75, 3.05) is 14.2 Å². The number of carbonyl (C=O) groups excluding carboxylic acids is 1. The molecule has 23 heavy (non-hydrogen) atoms. The Kier molecular flexibility index (Phi) is 5.60. The number of primary amides is 1. The Morgan fingerprint density at radius 1 is 1.09 bits per heavy atom. The van der Waals surface area contributed by atoms with E-state index in [9.17, 15) is 4.79 Å². The van der Waals surface area contributed by atoms with E-state index in [1.165, 1.54) is 0 Å². The minimum atomic E-state index is -0.581. The minimum absolute atomic E-state index is 0.155. The molecule has 3 N–H and O–H groups in total. The first kappa shape index (κ1) is 16.8. The second kappa shape index (κ2) is 7.65. The van der Waals surface area contributed by atoms with Gasteiger partial charge in [0.15, 0.2) is 0 Å². The van der Waals surface area contributed by atoms with E-state index in [4.69, 9.17) is 15.2 Å². The Morgan fingerprint density at radius 3 is 2.35 bits per heavy atom. The highest BCUT2D eigenvalue weighted by atomic mass is 16.5. The van der Waals surface area contributed by atoms with Gasteiger partial charge in [-0.25, -0.2) is 0 Å². The molecule has 2 rings (SSSR count). The minimum Gasteiger partial charge on any atom is -0.497 e. The summed E-state index contributed by atoms with van der Waals surface area (Å²) in [5.41, 5.74) is 7.29. The van der Waals surface area contributed by atoms with Crippen molar-refractivity contribution in [1.29, 1.82) is 0 Å². The first-order valence-corrected chi connectivity index (χ1v) is 7.39. The molecule has 1 amide bonds. The molecule has 5 nitrogen and oxygen atoms in total. The molecule has 0 saturated carbocycles. The SMILES string of the molecule is COc1ccc(OC)c([C@@H](C)N[C@H](C(N)=O)c2ccccc2)c1. The summed E-state index contributed by atoms with van der Waals surface area (Å²) in [7, 11) is 3.22. The van der Waals surface area contributed by atoms with Crippen LogP contribution in [-0.2, 0) is 4.79 Å². The van der Waals surface area contributed by atoms with Crippen LogP contribution >= 0.6 is 0 Å². The lowest BCUT2D eigenvalue weighted by atomic mass is 10.0. The van der Waals surface area contributed by atoms with Crippen LogP contribution in [-0.4, -0.2) is 20.1 Å². The van der Waals surface area contributed by atoms with E-state index in [0.717, 1.165) is 22.6 Å². The molecule has 0 fully saturated rings. The molecule has 0 unspecified atom stereocenters. The zero-order valence-corrected chi connectivity index (χ0v) is 13.6. The average Bonchev–Trinajstić information content (AvgIpc) is 2.59. The van der Waals surface area contributed by atoms with Crippen molar-refractivity contribution in [3.05, 3.63) is 59.7 Å². The second-order valence-electron chi connectivity index (χ2n) is 5.24. The van der Waals surface area contributed by atoms with Gasteiger partial charge >= 0.3 is 0 Å². The molecule has 0 spiro atoms. The fourth-order valence-electron chi connectivity index (χ4n) is 2.51. The van der Waals surface area contributed by atoms with Crippen LogP contribution in [0.5, 0.6) is 11.5 Å². The van der Waals surface area contributed by atoms with Crippen molar-refractivity contribution in [3.8, 4) is 11.5 Å². The molecular weight excluding hydrogens is 292 g/mol. The molecule has 0 heterocycles. The zero-order chi connectivity index (χ0) is 16.8. The van der Waals surface area contributed by atoms with Crippen molar-refractivity contribution in [1.82, 2.24) is 5.32 Å². The summed E-state index contributed by atoms with van der Waals surface area (Å²) in [6.45, 7) is 1.95. The van der Waals surface area contributed by atoms with Crippen molar-refractivity contribution in [2.45, 2.75) is 19.0 Å². The molecule has 2 atom stereocenters. The van der Waals surface area contributed by atoms with Gasteiger partial charge in [0, 0.05) is 11.6 Å². The lowest BCUT2D eigenvalue weighted by molar-refractivity contribution is -0.120. The molecule has 0 aliphatic carbocycles. The van der Waals surface area contributed by atoms with E-state index in [0.29, 0.717) is 0 Å². The largest absolute Gasteiger partial charge is 0.497 e. The maximum absolute atomic E-state index is 11.8. The fourth-order valence-corrected chi connectivity index (χ4v) is 2.51. The molecule has 0 aromatic heterocycles. The Labute approximate surface area is 136 Å². The molecule has 0 aliphatic rings. The third-order valence-electron chi connectivity index (χ3n) is 3.74. The van der Waals surface area contributed by atoms with E-state index in [1.807, 2.05) is 55.5 Å². The highest BCUT2D eigenvalue weighted by molar-refractivity contribution is 5.81. The van der Waals surface area contributed by atoms with Crippen LogP contribution < -0.4 is 20.5 Å². The molecule has 2 aromatic rings. The van der Waals surface area contributed by atoms with Crippen LogP contribution in [0, 0.1) is 0 Å². The van der Waals surface area contributed by atoms with Gasteiger partial charge in [-0.2, -0.15) is 0 Å². The smallest absolute Gasteiger partial charge is 0.239 e. The quantitative estimate of drug-likeness (QED) is 0.824. The standard InChI is InChI=1S/C18H22N2O3/c1-12(15-11-14(22-2)9-10-16(15)23-3)20-17(18(19)21)13-7-5-4-6-8-13/h4-12,17,20H,1-3H3,(H2,19,21)/t12-,17+/m1/s1. The number of rotatable bonds is 7. The van der Waals surface area contributed by atoms with Gasteiger partial charge in [-0.15, -0.1) is 0 Å². The highest BCUT2D eigenvalue weighted by Crippen LogP contribution is 2.30. The van der Waals surface area contributed by atoms with E-state index in [1.54, 1.807) is 14.2 Å². The van der Waals surface area contributed by atoms with Crippen LogP contribution in [0.1, 0.15) is 30.1 Å². The first-order valence-electron chi connectivity index (χ1n) is 7.39. The Morgan fingerprint density at radius 2 is 1.78 bits per heavy atom. The van der Waals surface area contributed by atoms with Crippen LogP contribution in [0.3, 0.4) is 0 Å². The zero-order valence-electron chi connectivity index (χ0n) is 13.6. The number of amides is 1. The lowest BCUT2D eigenvalue weighted by Crippen LogP contribution is -2.35. The van der Waals surface area contributed by atoms with E-state index < -0.39 is 11.9 Å². The third-order valence-corrected chi connectivity index (χ3v) is 3.74. The summed E-state index contributed by atoms with van der Waals surface area (Å²) in [6, 6.07) is 14.2. The number of hydrogen-bond acceptors (Lipinski definition) is 4. The van der Waals surface area contributed by atoms with Gasteiger partial charge in [-0.3, -0.25) is 10.1 Å². The summed E-state index contributed by atoms with van der Waals surface area (Å²) >= 11 is 0. The first-order chi connectivity index (χ1) is 11.1. The summed E-state index contributed by atoms with van der Waals surface area (Å²) in [5.74, 6) is 1.02. The van der Waals surface area contributed by atoms with E-state index >= 15 is 0 Å². The second-order valence-corrected chi connectivity index (χ2v) is 5.24. The maximum Gasteiger partial charge on any atom is 0.239 e. The molecule has 0 saturated heterocycles. The molecule has 0 aliphatic heterocycles. The Bertz CT molecular complexity index is 659. The number of methoxy groups -OCH3 is 2. The topological polar surface area (TPSA) is 73.6 Å². The number of ether oxygens (including phenoxy) is 2. The van der Waals surface area contributed by atoms with Gasteiger partial charge in [0.1, 0.15) is 17.5 Å². The number of nitrogens with one attached hydrogen (secondary N) is 1. The van der Waals surface area contributed by atoms with Crippen molar-refractivity contribution in [3.63, 3.8) is 0 Å². The van der Waals surface area contributed by atoms with Crippen LogP contribution in [0.15, 0.2) is 48.5 Å². The normalized spacial score (nSPS) is 13.2. The van der Waals surface area contributed by atoms with Gasteiger partial charge in [0.05, 0.1) is 14.2 Å². The predicted octanol–water partition coefficient (Wildman–Crippen LogP) is 2.58. The highest BCUT2D eigenvalue weighted by Gasteiger charge is 2.22. The fraction of sp³-hybridized carbons (Fsp3) is 0.278. The molecular formula is C18H22N2O3. The van der Waals surface area contributed by atoms with Crippen molar-refractivity contribution >= 4 is 5.91 Å². The van der Waals surface area contributed by atoms with Crippen LogP contribution in [0.4, 0.5) is 0 Å². The van der Waals surface area contributed by atoms with Gasteiger partial charge in [-0.05, 0) is 30.7 Å². The van der Waals surface area contributed by atoms with Crippen LogP contribution in [0.2, 0.25) is 0 Å². The summed E-state index contributed by atoms with van der Waals surface area (Å²) in [4.78, 5) is 11.8. The van der Waals surface area contributed by atoms with Gasteiger partial charge in [0.25, 0.3) is 0 Å². The predicted molar refractivity (Wildman–Crippen MR) is 89.5 cm³/mol. The maximum atomic E-state index is 11.8. The lowest BCUT2D eigenvalue weighted by Gasteiger charge is -2.23. The molecule has 5 heteroatoms. The van der Waals surface area contributed by atoms with Gasteiger partial charge in [0.2, 0.25) is 5.91 Å². The summed E-state index contributed by atoms with van der Waals surface area (Å²) in [6.07, 6.45) is 0. The van der Waals surface area contributed by atoms with Crippen molar-refractivity contribution < 1.29 is 14.3 Å². The number of carbonyl (C=O) groups is 1. The molecule has 2 aromatic carbocycles. The Hall–Kier alpha value is -2.53. The summed E-state index contributed by atoms with van der Waals surface area (Å²) < 4.78 is 10.7. The Balaban J connectivity index is 2.29. The van der Waals surface area contributed by atoms with Crippen LogP contribution in [0.25, 0.3) is 0 Å². The number of hydrogen-bond donors (Lipinski definition) is 2. The number of benzene rings is 2. The summed E-state index contributed by atoms with van der Waals surface area (Å²) in [5, 5.41) is 3.26. The van der Waals surface area contributed by atoms with Crippen molar-refractivity contribution in [2.24, 2.45) is 5.73 Å².